The van der Waals surface area contributed by atoms with Crippen molar-refractivity contribution < 1.29 is 24.5 Å². The van der Waals surface area contributed by atoms with Gasteiger partial charge in [-0.15, -0.1) is 18.2 Å². The molecule has 0 spiro atoms. The van der Waals surface area contributed by atoms with Gasteiger partial charge in [-0.2, -0.15) is 0 Å². The van der Waals surface area contributed by atoms with Crippen molar-refractivity contribution in [1.82, 2.24) is 19.5 Å². The standard InChI is InChI=1S/C23H20N3O.C15H18GeN.Ir/c1-14-12-13-16-15-8-7-9-17(20(15)27-22(16)24-14)21-25-18-10-5-6-11-19(18)26(21)23(2,3)4;1-12-5-7-13(8-6-12)15-10-9-14(11-17-15)16(2,3)4;/h5-8,10-13H,1-4H3;5-7,9-11H,1-4H3;/q2*-1;. The number of aryl methyl sites for hydroxylation is 2. The van der Waals surface area contributed by atoms with Crippen LogP contribution in [0, 0.1) is 26.0 Å². The van der Waals surface area contributed by atoms with Crippen LogP contribution < -0.4 is 4.40 Å². The molecular weight excluding hydrogens is 793 g/mol. The predicted octanol–water partition coefficient (Wildman–Crippen LogP) is 9.26. The Balaban J connectivity index is 0.000000193. The number of hydrogen-bond donors (Lipinski definition) is 0. The minimum Gasteiger partial charge on any atom is -0.486 e. The first-order chi connectivity index (χ1) is 20.9. The summed E-state index contributed by atoms with van der Waals surface area (Å²) in [6, 6.07) is 33.5. The molecule has 0 unspecified atom stereocenters. The molecule has 7 heteroatoms. The van der Waals surface area contributed by atoms with Crippen molar-refractivity contribution in [2.75, 3.05) is 0 Å². The van der Waals surface area contributed by atoms with Crippen LogP contribution in [0.15, 0.2) is 89.5 Å². The van der Waals surface area contributed by atoms with Crippen LogP contribution in [-0.4, -0.2) is 32.8 Å². The average Bonchev–Trinajstić information content (AvgIpc) is 3.56. The molecule has 0 aliphatic carbocycles. The third kappa shape index (κ3) is 6.69. The first-order valence-corrected chi connectivity index (χ1v) is 22.4. The van der Waals surface area contributed by atoms with Gasteiger partial charge in [0.05, 0.1) is 22.4 Å². The molecule has 0 amide bonds. The molecule has 0 N–H and O–H groups in total. The van der Waals surface area contributed by atoms with E-state index in [1.165, 1.54) is 9.96 Å². The Morgan fingerprint density at radius 3 is 2.27 bits per heavy atom. The van der Waals surface area contributed by atoms with Crippen molar-refractivity contribution >= 4 is 50.8 Å². The number of rotatable bonds is 3. The van der Waals surface area contributed by atoms with Gasteiger partial charge in [0.15, 0.2) is 0 Å². The quantitative estimate of drug-likeness (QED) is 0.132. The van der Waals surface area contributed by atoms with Crippen LogP contribution in [0.4, 0.5) is 0 Å². The van der Waals surface area contributed by atoms with Gasteiger partial charge >= 0.3 is 106 Å². The van der Waals surface area contributed by atoms with Gasteiger partial charge in [-0.3, -0.25) is 4.98 Å². The number of imidazole rings is 1. The third-order valence-electron chi connectivity index (χ3n) is 7.77. The van der Waals surface area contributed by atoms with Crippen LogP contribution in [0.25, 0.3) is 55.7 Å². The minimum atomic E-state index is -1.73. The second kappa shape index (κ2) is 12.7. The van der Waals surface area contributed by atoms with E-state index in [1.807, 2.05) is 55.6 Å². The van der Waals surface area contributed by atoms with Crippen molar-refractivity contribution in [3.63, 3.8) is 0 Å². The zero-order chi connectivity index (χ0) is 31.2. The van der Waals surface area contributed by atoms with Gasteiger partial charge < -0.3 is 8.98 Å². The first-order valence-electron chi connectivity index (χ1n) is 15.0. The summed E-state index contributed by atoms with van der Waals surface area (Å²) in [5.74, 6) is 8.02. The number of furan rings is 1. The van der Waals surface area contributed by atoms with Crippen LogP contribution in [0.5, 0.6) is 0 Å². The summed E-state index contributed by atoms with van der Waals surface area (Å²) in [4.78, 5) is 14.1. The van der Waals surface area contributed by atoms with Crippen molar-refractivity contribution in [3.8, 4) is 22.6 Å². The van der Waals surface area contributed by atoms with E-state index in [1.54, 1.807) is 0 Å². The van der Waals surface area contributed by atoms with E-state index < -0.39 is 13.3 Å². The summed E-state index contributed by atoms with van der Waals surface area (Å²) in [6.07, 6.45) is 2.04. The molecule has 1 radical (unpaired) electrons. The topological polar surface area (TPSA) is 56.7 Å². The summed E-state index contributed by atoms with van der Waals surface area (Å²) in [6.45, 7) is 10.6. The average molecular weight is 832 g/mol. The maximum atomic E-state index is 6.19. The molecule has 0 aliphatic rings. The molecule has 7 aromatic rings. The Bertz CT molecular complexity index is 2100. The van der Waals surface area contributed by atoms with E-state index in [4.69, 9.17) is 9.40 Å². The molecule has 5 nitrogen and oxygen atoms in total. The van der Waals surface area contributed by atoms with E-state index in [0.29, 0.717) is 5.71 Å². The zero-order valence-electron chi connectivity index (χ0n) is 27.1. The summed E-state index contributed by atoms with van der Waals surface area (Å²) in [5.41, 5.74) is 8.51. The maximum absolute atomic E-state index is 6.19. The van der Waals surface area contributed by atoms with Gasteiger partial charge in [0.1, 0.15) is 0 Å². The Kier molecular flexibility index (Phi) is 9.23. The molecule has 4 heterocycles. The molecule has 45 heavy (non-hydrogen) atoms. The van der Waals surface area contributed by atoms with Gasteiger partial charge in [-0.05, 0) is 52.0 Å². The molecule has 231 valence electrons. The van der Waals surface area contributed by atoms with Gasteiger partial charge in [-0.1, -0.05) is 23.1 Å². The monoisotopic (exact) mass is 833 g/mol. The Labute approximate surface area is 281 Å². The molecule has 0 saturated carbocycles. The third-order valence-corrected chi connectivity index (χ3v) is 12.0. The number of hydrogen-bond acceptors (Lipinski definition) is 4. The summed E-state index contributed by atoms with van der Waals surface area (Å²) < 4.78 is 9.90. The second-order valence-corrected chi connectivity index (χ2v) is 24.0. The van der Waals surface area contributed by atoms with Crippen LogP contribution in [0.3, 0.4) is 0 Å². The number of para-hydroxylation sites is 2. The summed E-state index contributed by atoms with van der Waals surface area (Å²) in [5, 5.41) is 2.06. The zero-order valence-corrected chi connectivity index (χ0v) is 31.6. The number of fused-ring (bicyclic) bond motifs is 4. The Hall–Kier alpha value is -3.58. The van der Waals surface area contributed by atoms with Crippen molar-refractivity contribution in [2.45, 2.75) is 57.4 Å². The molecule has 0 fully saturated rings. The van der Waals surface area contributed by atoms with Crippen LogP contribution in [0.1, 0.15) is 32.0 Å². The molecule has 0 atom stereocenters. The number of benzene rings is 3. The van der Waals surface area contributed by atoms with Crippen molar-refractivity contribution in [2.24, 2.45) is 0 Å². The van der Waals surface area contributed by atoms with Gasteiger partial charge in [0.25, 0.3) is 0 Å². The van der Waals surface area contributed by atoms with E-state index in [-0.39, 0.29) is 25.6 Å². The number of pyridine rings is 2. The van der Waals surface area contributed by atoms with E-state index >= 15 is 0 Å². The van der Waals surface area contributed by atoms with Crippen LogP contribution in [0.2, 0.25) is 17.3 Å². The van der Waals surface area contributed by atoms with E-state index in [9.17, 15) is 0 Å². The number of aromatic nitrogens is 4. The number of nitrogens with zero attached hydrogens (tertiary/aromatic N) is 4. The second-order valence-electron chi connectivity index (χ2n) is 13.4. The van der Waals surface area contributed by atoms with Gasteiger partial charge in [0, 0.05) is 36.7 Å². The Morgan fingerprint density at radius 2 is 1.60 bits per heavy atom. The molecular formula is C38H38GeIrN4O-2. The maximum Gasteiger partial charge on any atom is 0.216 e. The van der Waals surface area contributed by atoms with Crippen LogP contribution >= 0.6 is 0 Å². The minimum absolute atomic E-state index is 0. The predicted molar refractivity (Wildman–Crippen MR) is 185 cm³/mol. The van der Waals surface area contributed by atoms with Gasteiger partial charge in [-0.25, -0.2) is 4.98 Å². The molecule has 0 saturated heterocycles. The smallest absolute Gasteiger partial charge is 0.216 e. The van der Waals surface area contributed by atoms with E-state index in [2.05, 4.69) is 108 Å². The van der Waals surface area contributed by atoms with Crippen molar-refractivity contribution in [3.05, 3.63) is 108 Å². The Morgan fingerprint density at radius 1 is 0.822 bits per heavy atom. The largest absolute Gasteiger partial charge is 0.486 e. The molecule has 4 aromatic heterocycles. The fourth-order valence-corrected chi connectivity index (χ4v) is 7.58. The molecule has 0 aliphatic heterocycles. The van der Waals surface area contributed by atoms with Crippen molar-refractivity contribution in [1.29, 1.82) is 0 Å². The fourth-order valence-electron chi connectivity index (χ4n) is 5.41. The fraction of sp³-hybridized carbons (Fsp3) is 0.237. The summed E-state index contributed by atoms with van der Waals surface area (Å²) in [7, 11) is 0. The SMILES string of the molecule is Cc1c[c-]c(-c2cc[c]([Ge]([CH3])([CH3])[CH3])cn2)cc1.Cc1ccc2c(n1)oc1c(-c3nc4ccccc4n3C(C)(C)C)[c-]ccc12.[Ir]. The normalized spacial score (nSPS) is 11.8. The molecule has 7 rings (SSSR count). The molecule has 0 bridgehead atoms. The van der Waals surface area contributed by atoms with Gasteiger partial charge in [0.2, 0.25) is 5.71 Å². The summed E-state index contributed by atoms with van der Waals surface area (Å²) >= 11 is -1.73. The first kappa shape index (κ1) is 32.8. The molecule has 3 aromatic carbocycles. The van der Waals surface area contributed by atoms with Crippen LogP contribution in [-0.2, 0) is 25.6 Å². The van der Waals surface area contributed by atoms with E-state index in [0.717, 1.165) is 55.7 Å².